The highest BCUT2D eigenvalue weighted by molar-refractivity contribution is 5.90. The first-order chi connectivity index (χ1) is 13.9. The number of nitrogens with zero attached hydrogens (tertiary/aromatic N) is 1. The van der Waals surface area contributed by atoms with Crippen LogP contribution >= 0.6 is 0 Å². The summed E-state index contributed by atoms with van der Waals surface area (Å²) in [5.74, 6) is 0.0691. The van der Waals surface area contributed by atoms with Gasteiger partial charge in [-0.1, -0.05) is 6.07 Å². The molecular formula is C22H29NO6. The predicted molar refractivity (Wildman–Crippen MR) is 107 cm³/mol. The van der Waals surface area contributed by atoms with Crippen molar-refractivity contribution < 1.29 is 28.5 Å². The fourth-order valence-electron chi connectivity index (χ4n) is 3.82. The quantitative estimate of drug-likeness (QED) is 0.751. The van der Waals surface area contributed by atoms with Crippen LogP contribution in [0.15, 0.2) is 30.5 Å². The molecule has 2 aliphatic heterocycles. The molecule has 0 saturated carbocycles. The molecule has 0 aliphatic carbocycles. The molecule has 7 nitrogen and oxygen atoms in total. The van der Waals surface area contributed by atoms with Gasteiger partial charge in [0.25, 0.3) is 0 Å². The van der Waals surface area contributed by atoms with Crippen LogP contribution in [0.2, 0.25) is 0 Å². The fraction of sp³-hybridized carbons (Fsp3) is 0.591. The van der Waals surface area contributed by atoms with E-state index in [-0.39, 0.29) is 24.6 Å². The Bertz CT molecular complexity index is 843. The highest BCUT2D eigenvalue weighted by atomic mass is 16.7. The molecule has 158 valence electrons. The van der Waals surface area contributed by atoms with Crippen molar-refractivity contribution in [2.24, 2.45) is 0 Å². The summed E-state index contributed by atoms with van der Waals surface area (Å²) in [6.07, 6.45) is 2.55. The van der Waals surface area contributed by atoms with E-state index in [4.69, 9.17) is 23.7 Å². The van der Waals surface area contributed by atoms with E-state index < -0.39 is 5.60 Å². The Kier molecular flexibility index (Phi) is 5.92. The monoisotopic (exact) mass is 403 g/mol. The van der Waals surface area contributed by atoms with Crippen LogP contribution < -0.4 is 0 Å². The molecule has 2 aliphatic rings. The van der Waals surface area contributed by atoms with Gasteiger partial charge in [-0.05, 0) is 57.4 Å². The SMILES string of the molecule is CC(C)(C)OC(=O)n1ccc2cc(C(CCC3OCCO3)C3OCCO3)ccc21. The standard InChI is InChI=1S/C22H29NO6/c1-22(2,3)29-21(24)23-9-8-16-14-15(4-6-18(16)23)17(20-27-12-13-28-20)5-7-19-25-10-11-26-19/h4,6,8-9,14,17,19-20H,5,7,10-13H2,1-3H3. The number of hydrogen-bond donors (Lipinski definition) is 0. The number of benzene rings is 1. The van der Waals surface area contributed by atoms with Crippen molar-refractivity contribution in [3.05, 3.63) is 36.0 Å². The molecular weight excluding hydrogens is 374 g/mol. The van der Waals surface area contributed by atoms with Gasteiger partial charge in [0.05, 0.1) is 31.9 Å². The average molecular weight is 403 g/mol. The largest absolute Gasteiger partial charge is 0.443 e. The van der Waals surface area contributed by atoms with E-state index in [1.807, 2.05) is 39.0 Å². The molecule has 7 heteroatoms. The Labute approximate surface area is 170 Å². The third-order valence-electron chi connectivity index (χ3n) is 5.11. The Balaban J connectivity index is 1.56. The molecule has 0 spiro atoms. The smallest absolute Gasteiger partial charge is 0.418 e. The van der Waals surface area contributed by atoms with E-state index in [1.54, 1.807) is 10.8 Å². The third-order valence-corrected chi connectivity index (χ3v) is 5.11. The van der Waals surface area contributed by atoms with E-state index in [9.17, 15) is 4.79 Å². The molecule has 1 aromatic carbocycles. The Hall–Kier alpha value is -1.93. The second kappa shape index (κ2) is 8.44. The number of aromatic nitrogens is 1. The van der Waals surface area contributed by atoms with Gasteiger partial charge in [0.1, 0.15) is 5.60 Å². The molecule has 2 aromatic rings. The lowest BCUT2D eigenvalue weighted by molar-refractivity contribution is -0.0785. The summed E-state index contributed by atoms with van der Waals surface area (Å²) in [6.45, 7) is 8.09. The zero-order chi connectivity index (χ0) is 20.4. The van der Waals surface area contributed by atoms with Crippen LogP contribution in [0, 0.1) is 0 Å². The summed E-state index contributed by atoms with van der Waals surface area (Å²) >= 11 is 0. The topological polar surface area (TPSA) is 68.2 Å². The molecule has 0 radical (unpaired) electrons. The molecule has 0 N–H and O–H groups in total. The summed E-state index contributed by atoms with van der Waals surface area (Å²) in [6, 6.07) is 8.02. The second-order valence-corrected chi connectivity index (χ2v) is 8.45. The van der Waals surface area contributed by atoms with E-state index in [2.05, 4.69) is 6.07 Å². The lowest BCUT2D eigenvalue weighted by Gasteiger charge is -2.24. The van der Waals surface area contributed by atoms with Crippen LogP contribution in [-0.4, -0.2) is 55.3 Å². The number of carbonyl (C=O) groups is 1. The minimum Gasteiger partial charge on any atom is -0.443 e. The first-order valence-corrected chi connectivity index (χ1v) is 10.2. The molecule has 4 rings (SSSR count). The van der Waals surface area contributed by atoms with Crippen molar-refractivity contribution in [2.45, 2.75) is 57.7 Å². The summed E-state index contributed by atoms with van der Waals surface area (Å²) in [7, 11) is 0. The average Bonchev–Trinajstić information content (AvgIpc) is 3.42. The Morgan fingerprint density at radius 1 is 1.10 bits per heavy atom. The molecule has 1 unspecified atom stereocenters. The molecule has 0 bridgehead atoms. The van der Waals surface area contributed by atoms with Gasteiger partial charge >= 0.3 is 6.09 Å². The van der Waals surface area contributed by atoms with Gasteiger partial charge in [0.15, 0.2) is 12.6 Å². The Morgan fingerprint density at radius 2 is 1.79 bits per heavy atom. The normalized spacial score (nSPS) is 19.8. The first kappa shape index (κ1) is 20.3. The minimum absolute atomic E-state index is 0.0691. The molecule has 2 saturated heterocycles. The van der Waals surface area contributed by atoms with Crippen LogP contribution in [-0.2, 0) is 23.7 Å². The highest BCUT2D eigenvalue weighted by Gasteiger charge is 2.30. The molecule has 29 heavy (non-hydrogen) atoms. The van der Waals surface area contributed by atoms with E-state index >= 15 is 0 Å². The number of ether oxygens (including phenoxy) is 5. The maximum absolute atomic E-state index is 12.5. The van der Waals surface area contributed by atoms with E-state index in [1.165, 1.54) is 0 Å². The van der Waals surface area contributed by atoms with Crippen LogP contribution in [0.1, 0.15) is 45.1 Å². The maximum Gasteiger partial charge on any atom is 0.418 e. The van der Waals surface area contributed by atoms with Gasteiger partial charge in [-0.3, -0.25) is 4.57 Å². The van der Waals surface area contributed by atoms with Crippen molar-refractivity contribution in [1.82, 2.24) is 4.57 Å². The molecule has 1 aromatic heterocycles. The predicted octanol–water partition coefficient (Wildman–Crippen LogP) is 4.03. The van der Waals surface area contributed by atoms with Gasteiger partial charge in [-0.15, -0.1) is 0 Å². The van der Waals surface area contributed by atoms with Gasteiger partial charge in [-0.2, -0.15) is 0 Å². The van der Waals surface area contributed by atoms with Gasteiger partial charge in [0, 0.05) is 17.5 Å². The lowest BCUT2D eigenvalue weighted by Crippen LogP contribution is -2.26. The van der Waals surface area contributed by atoms with Crippen LogP contribution in [0.5, 0.6) is 0 Å². The van der Waals surface area contributed by atoms with Gasteiger partial charge in [-0.25, -0.2) is 4.79 Å². The molecule has 0 amide bonds. The summed E-state index contributed by atoms with van der Waals surface area (Å²) in [4.78, 5) is 12.5. The molecule has 2 fully saturated rings. The van der Waals surface area contributed by atoms with Crippen molar-refractivity contribution in [3.8, 4) is 0 Å². The van der Waals surface area contributed by atoms with Crippen LogP contribution in [0.25, 0.3) is 10.9 Å². The van der Waals surface area contributed by atoms with Gasteiger partial charge < -0.3 is 23.7 Å². The Morgan fingerprint density at radius 3 is 2.48 bits per heavy atom. The van der Waals surface area contributed by atoms with Crippen molar-refractivity contribution in [3.63, 3.8) is 0 Å². The van der Waals surface area contributed by atoms with Gasteiger partial charge in [0.2, 0.25) is 0 Å². The summed E-state index contributed by atoms with van der Waals surface area (Å²) < 4.78 is 29.8. The number of carbonyl (C=O) groups excluding carboxylic acids is 1. The van der Waals surface area contributed by atoms with E-state index in [0.29, 0.717) is 26.4 Å². The summed E-state index contributed by atoms with van der Waals surface area (Å²) in [5.41, 5.74) is 1.39. The highest BCUT2D eigenvalue weighted by Crippen LogP contribution is 2.33. The maximum atomic E-state index is 12.5. The van der Waals surface area contributed by atoms with Crippen LogP contribution in [0.4, 0.5) is 4.79 Å². The minimum atomic E-state index is -0.541. The lowest BCUT2D eigenvalue weighted by atomic mass is 9.92. The number of hydrogen-bond acceptors (Lipinski definition) is 6. The van der Waals surface area contributed by atoms with Crippen molar-refractivity contribution in [1.29, 1.82) is 0 Å². The fourth-order valence-corrected chi connectivity index (χ4v) is 3.82. The number of rotatable bonds is 5. The first-order valence-electron chi connectivity index (χ1n) is 10.2. The number of fused-ring (bicyclic) bond motifs is 1. The zero-order valence-corrected chi connectivity index (χ0v) is 17.3. The molecule has 1 atom stereocenters. The molecule has 3 heterocycles. The zero-order valence-electron chi connectivity index (χ0n) is 17.3. The third kappa shape index (κ3) is 4.80. The van der Waals surface area contributed by atoms with Crippen molar-refractivity contribution in [2.75, 3.05) is 26.4 Å². The van der Waals surface area contributed by atoms with Crippen molar-refractivity contribution >= 4 is 17.0 Å². The van der Waals surface area contributed by atoms with Crippen LogP contribution in [0.3, 0.4) is 0 Å². The second-order valence-electron chi connectivity index (χ2n) is 8.45. The summed E-state index contributed by atoms with van der Waals surface area (Å²) in [5, 5.41) is 0.977. The van der Waals surface area contributed by atoms with E-state index in [0.717, 1.165) is 29.3 Å².